The zero-order valence-electron chi connectivity index (χ0n) is 12.4. The van der Waals surface area contributed by atoms with E-state index in [9.17, 15) is 9.59 Å². The average Bonchev–Trinajstić information content (AvgIpc) is 2.42. The van der Waals surface area contributed by atoms with Crippen molar-refractivity contribution in [2.24, 2.45) is 0 Å². The zero-order valence-corrected chi connectivity index (χ0v) is 12.4. The Morgan fingerprint density at radius 1 is 1.33 bits per heavy atom. The summed E-state index contributed by atoms with van der Waals surface area (Å²) in [6.45, 7) is 4.94. The third-order valence-corrected chi connectivity index (χ3v) is 3.68. The minimum atomic E-state index is -0.681. The van der Waals surface area contributed by atoms with Crippen LogP contribution in [0.5, 0.6) is 5.75 Å². The van der Waals surface area contributed by atoms with Crippen LogP contribution in [-0.4, -0.2) is 41.9 Å². The number of nitrogens with two attached hydrogens (primary N) is 1. The van der Waals surface area contributed by atoms with Gasteiger partial charge in [-0.1, -0.05) is 12.1 Å². The first-order valence-electron chi connectivity index (χ1n) is 6.98. The van der Waals surface area contributed by atoms with E-state index >= 15 is 0 Å². The molecule has 0 aromatic heterocycles. The number of nitrogens with one attached hydrogen (secondary N) is 1. The lowest BCUT2D eigenvalue weighted by Crippen LogP contribution is -2.64. The predicted octanol–water partition coefficient (Wildman–Crippen LogP) is 0.775. The quantitative estimate of drug-likeness (QED) is 0.475. The SMILES string of the molecule is CC1(C)C(=O)NC(=O)CN1CCCOc1ccccc1N. The molecule has 6 nitrogen and oxygen atoms in total. The van der Waals surface area contributed by atoms with Crippen LogP contribution in [0.25, 0.3) is 0 Å². The molecule has 0 spiro atoms. The largest absolute Gasteiger partial charge is 0.491 e. The lowest BCUT2D eigenvalue weighted by molar-refractivity contribution is -0.145. The molecule has 1 aromatic carbocycles. The lowest BCUT2D eigenvalue weighted by Gasteiger charge is -2.40. The number of para-hydroxylation sites is 2. The number of carbonyl (C=O) groups is 2. The Hall–Kier alpha value is -2.08. The molecule has 21 heavy (non-hydrogen) atoms. The number of rotatable bonds is 5. The summed E-state index contributed by atoms with van der Waals surface area (Å²) in [5.74, 6) is 0.142. The summed E-state index contributed by atoms with van der Waals surface area (Å²) in [6.07, 6.45) is 0.707. The third kappa shape index (κ3) is 3.52. The molecule has 2 rings (SSSR count). The Morgan fingerprint density at radius 2 is 2.05 bits per heavy atom. The van der Waals surface area contributed by atoms with Crippen LogP contribution in [0, 0.1) is 0 Å². The number of nitrogen functional groups attached to an aromatic ring is 1. The van der Waals surface area contributed by atoms with Gasteiger partial charge in [0.1, 0.15) is 5.75 Å². The number of amides is 2. The molecule has 1 aliphatic rings. The minimum absolute atomic E-state index is 0.228. The van der Waals surface area contributed by atoms with Crippen LogP contribution in [0.3, 0.4) is 0 Å². The van der Waals surface area contributed by atoms with Crippen molar-refractivity contribution in [3.05, 3.63) is 24.3 Å². The number of hydrogen-bond acceptors (Lipinski definition) is 5. The summed E-state index contributed by atoms with van der Waals surface area (Å²) >= 11 is 0. The van der Waals surface area contributed by atoms with Gasteiger partial charge >= 0.3 is 0 Å². The molecule has 1 saturated heterocycles. The van der Waals surface area contributed by atoms with E-state index in [0.29, 0.717) is 31.0 Å². The highest BCUT2D eigenvalue weighted by atomic mass is 16.5. The van der Waals surface area contributed by atoms with Crippen LogP contribution in [0.4, 0.5) is 5.69 Å². The van der Waals surface area contributed by atoms with Gasteiger partial charge in [0, 0.05) is 6.54 Å². The van der Waals surface area contributed by atoms with Gasteiger partial charge in [-0.15, -0.1) is 0 Å². The molecule has 2 amide bonds. The maximum atomic E-state index is 11.8. The van der Waals surface area contributed by atoms with E-state index in [-0.39, 0.29) is 18.4 Å². The van der Waals surface area contributed by atoms with E-state index in [0.717, 1.165) is 0 Å². The van der Waals surface area contributed by atoms with Crippen molar-refractivity contribution >= 4 is 17.5 Å². The fraction of sp³-hybridized carbons (Fsp3) is 0.467. The van der Waals surface area contributed by atoms with E-state index in [1.165, 1.54) is 0 Å². The topological polar surface area (TPSA) is 84.7 Å². The van der Waals surface area contributed by atoms with Gasteiger partial charge in [-0.25, -0.2) is 0 Å². The summed E-state index contributed by atoms with van der Waals surface area (Å²) < 4.78 is 5.61. The maximum Gasteiger partial charge on any atom is 0.246 e. The number of benzene rings is 1. The third-order valence-electron chi connectivity index (χ3n) is 3.68. The highest BCUT2D eigenvalue weighted by Crippen LogP contribution is 2.21. The second-order valence-corrected chi connectivity index (χ2v) is 5.60. The van der Waals surface area contributed by atoms with E-state index in [1.54, 1.807) is 6.07 Å². The monoisotopic (exact) mass is 291 g/mol. The number of hydrogen-bond donors (Lipinski definition) is 2. The van der Waals surface area contributed by atoms with E-state index in [1.807, 2.05) is 36.9 Å². The molecule has 0 saturated carbocycles. The number of piperazine rings is 1. The minimum Gasteiger partial charge on any atom is -0.491 e. The molecule has 114 valence electrons. The van der Waals surface area contributed by atoms with Gasteiger partial charge in [0.05, 0.1) is 24.4 Å². The molecular formula is C15H21N3O3. The van der Waals surface area contributed by atoms with Gasteiger partial charge in [-0.3, -0.25) is 19.8 Å². The van der Waals surface area contributed by atoms with Crippen molar-refractivity contribution in [2.45, 2.75) is 25.8 Å². The zero-order chi connectivity index (χ0) is 15.5. The second-order valence-electron chi connectivity index (χ2n) is 5.60. The van der Waals surface area contributed by atoms with Crippen molar-refractivity contribution < 1.29 is 14.3 Å². The number of ether oxygens (including phenoxy) is 1. The van der Waals surface area contributed by atoms with Crippen LogP contribution < -0.4 is 15.8 Å². The Kier molecular flexibility index (Phi) is 4.47. The first-order valence-corrected chi connectivity index (χ1v) is 6.98. The van der Waals surface area contributed by atoms with Gasteiger partial charge in [0.15, 0.2) is 0 Å². The summed E-state index contributed by atoms with van der Waals surface area (Å²) in [7, 11) is 0. The fourth-order valence-electron chi connectivity index (χ4n) is 2.24. The number of imide groups is 1. The predicted molar refractivity (Wildman–Crippen MR) is 79.8 cm³/mol. The molecule has 0 radical (unpaired) electrons. The molecule has 0 unspecified atom stereocenters. The molecule has 1 aromatic rings. The van der Waals surface area contributed by atoms with Crippen molar-refractivity contribution in [1.82, 2.24) is 10.2 Å². The molecule has 1 heterocycles. The Labute approximate surface area is 124 Å². The smallest absolute Gasteiger partial charge is 0.246 e. The molecule has 0 atom stereocenters. The number of anilines is 1. The second kappa shape index (κ2) is 6.13. The van der Waals surface area contributed by atoms with E-state index in [4.69, 9.17) is 10.5 Å². The molecule has 0 aliphatic carbocycles. The van der Waals surface area contributed by atoms with Crippen molar-refractivity contribution in [3.63, 3.8) is 0 Å². The Bertz CT molecular complexity index is 543. The molecule has 3 N–H and O–H groups in total. The van der Waals surface area contributed by atoms with Crippen LogP contribution in [0.2, 0.25) is 0 Å². The summed E-state index contributed by atoms with van der Waals surface area (Å²) in [4.78, 5) is 25.1. The molecular weight excluding hydrogens is 270 g/mol. The van der Waals surface area contributed by atoms with Crippen LogP contribution in [-0.2, 0) is 9.59 Å². The van der Waals surface area contributed by atoms with Crippen LogP contribution in [0.15, 0.2) is 24.3 Å². The van der Waals surface area contributed by atoms with Crippen molar-refractivity contribution in [2.75, 3.05) is 25.4 Å². The fourth-order valence-corrected chi connectivity index (χ4v) is 2.24. The molecule has 6 heteroatoms. The highest BCUT2D eigenvalue weighted by molar-refractivity contribution is 6.02. The van der Waals surface area contributed by atoms with Gasteiger partial charge in [0.25, 0.3) is 0 Å². The normalized spacial score (nSPS) is 18.4. The van der Waals surface area contributed by atoms with Crippen molar-refractivity contribution in [1.29, 1.82) is 0 Å². The summed E-state index contributed by atoms with van der Waals surface area (Å²) in [6, 6.07) is 7.31. The highest BCUT2D eigenvalue weighted by Gasteiger charge is 2.40. The first kappa shape index (κ1) is 15.3. The van der Waals surface area contributed by atoms with Gasteiger partial charge in [-0.05, 0) is 32.4 Å². The van der Waals surface area contributed by atoms with Crippen molar-refractivity contribution in [3.8, 4) is 5.75 Å². The first-order chi connectivity index (χ1) is 9.91. The number of carbonyl (C=O) groups excluding carboxylic acids is 2. The summed E-state index contributed by atoms with van der Waals surface area (Å²) in [5.41, 5.74) is 5.71. The lowest BCUT2D eigenvalue weighted by atomic mass is 9.98. The average molecular weight is 291 g/mol. The molecule has 1 fully saturated rings. The van der Waals surface area contributed by atoms with E-state index in [2.05, 4.69) is 5.32 Å². The van der Waals surface area contributed by atoms with Crippen LogP contribution in [0.1, 0.15) is 20.3 Å². The standard InChI is InChI=1S/C15H21N3O3/c1-15(2)14(20)17-13(19)10-18(15)8-5-9-21-12-7-4-3-6-11(12)16/h3-4,6-7H,5,8-10,16H2,1-2H3,(H,17,19,20). The van der Waals surface area contributed by atoms with Crippen LogP contribution >= 0.6 is 0 Å². The summed E-state index contributed by atoms with van der Waals surface area (Å²) in [5, 5.41) is 2.36. The van der Waals surface area contributed by atoms with Gasteiger partial charge in [-0.2, -0.15) is 0 Å². The number of nitrogens with zero attached hydrogens (tertiary/aromatic N) is 1. The Morgan fingerprint density at radius 3 is 2.76 bits per heavy atom. The molecule has 0 bridgehead atoms. The molecule has 1 aliphatic heterocycles. The maximum absolute atomic E-state index is 11.8. The van der Waals surface area contributed by atoms with Gasteiger partial charge < -0.3 is 10.5 Å². The van der Waals surface area contributed by atoms with E-state index < -0.39 is 5.54 Å². The van der Waals surface area contributed by atoms with Gasteiger partial charge in [0.2, 0.25) is 11.8 Å². The Balaban J connectivity index is 1.84.